The molecule has 2 aromatic carbocycles. The summed E-state index contributed by atoms with van der Waals surface area (Å²) in [4.78, 5) is 24.3. The number of benzene rings is 2. The molecule has 1 heterocycles. The fraction of sp³-hybridized carbons (Fsp3) is 0.300. The first kappa shape index (κ1) is 19.9. The summed E-state index contributed by atoms with van der Waals surface area (Å²) >= 11 is 0. The molecule has 3 rings (SSSR count). The Labute approximate surface area is 164 Å². The molecular weight excluding hydrogens is 378 g/mol. The Morgan fingerprint density at radius 1 is 1.07 bits per heavy atom. The second kappa shape index (κ2) is 8.43. The Kier molecular flexibility index (Phi) is 5.99. The lowest BCUT2D eigenvalue weighted by Crippen LogP contribution is -2.36. The van der Waals surface area contributed by atoms with Gasteiger partial charge in [-0.3, -0.25) is 13.9 Å². The number of carbonyl (C=O) groups excluding carboxylic acids is 2. The molecule has 0 aromatic heterocycles. The number of carbonyl (C=O) groups is 2. The number of nitrogens with zero attached hydrogens (tertiary/aromatic N) is 1. The minimum atomic E-state index is -3.31. The Hall–Kier alpha value is -2.87. The van der Waals surface area contributed by atoms with E-state index >= 15 is 0 Å². The molecule has 1 aliphatic heterocycles. The zero-order valence-electron chi connectivity index (χ0n) is 15.6. The highest BCUT2D eigenvalue weighted by atomic mass is 32.2. The van der Waals surface area contributed by atoms with Crippen molar-refractivity contribution in [2.45, 2.75) is 19.8 Å². The van der Waals surface area contributed by atoms with Gasteiger partial charge in [-0.25, -0.2) is 8.42 Å². The fourth-order valence-electron chi connectivity index (χ4n) is 3.05. The van der Waals surface area contributed by atoms with Gasteiger partial charge in [0.05, 0.1) is 11.4 Å². The standard InChI is InChI=1S/C20H23N3O4S/c1-15-8-9-17(23-12-5-13-28(23,26)27)14-18(15)22-20(25)19(24)21-11-10-16-6-3-2-4-7-16/h2-4,6-9,14H,5,10-13H2,1H3,(H,21,24)(H,22,25). The van der Waals surface area contributed by atoms with Crippen molar-refractivity contribution in [2.75, 3.05) is 28.5 Å². The molecule has 0 spiro atoms. The topological polar surface area (TPSA) is 95.6 Å². The van der Waals surface area contributed by atoms with Gasteiger partial charge in [0, 0.05) is 18.8 Å². The van der Waals surface area contributed by atoms with E-state index < -0.39 is 21.8 Å². The summed E-state index contributed by atoms with van der Waals surface area (Å²) in [7, 11) is -3.31. The van der Waals surface area contributed by atoms with Crippen LogP contribution in [0.1, 0.15) is 17.5 Å². The maximum Gasteiger partial charge on any atom is 0.313 e. The largest absolute Gasteiger partial charge is 0.347 e. The van der Waals surface area contributed by atoms with Gasteiger partial charge >= 0.3 is 11.8 Å². The van der Waals surface area contributed by atoms with Crippen LogP contribution in [-0.4, -0.2) is 39.1 Å². The number of aryl methyl sites for hydroxylation is 1. The molecule has 28 heavy (non-hydrogen) atoms. The van der Waals surface area contributed by atoms with E-state index in [9.17, 15) is 18.0 Å². The number of anilines is 2. The maximum absolute atomic E-state index is 12.2. The van der Waals surface area contributed by atoms with E-state index in [1.165, 1.54) is 4.31 Å². The van der Waals surface area contributed by atoms with E-state index in [1.54, 1.807) is 25.1 Å². The van der Waals surface area contributed by atoms with Gasteiger partial charge in [-0.1, -0.05) is 36.4 Å². The molecule has 7 nitrogen and oxygen atoms in total. The number of hydrogen-bond acceptors (Lipinski definition) is 4. The van der Waals surface area contributed by atoms with Crippen LogP contribution in [0.2, 0.25) is 0 Å². The van der Waals surface area contributed by atoms with Gasteiger partial charge in [0.1, 0.15) is 0 Å². The zero-order chi connectivity index (χ0) is 20.1. The van der Waals surface area contributed by atoms with E-state index in [1.807, 2.05) is 30.3 Å². The third-order valence-electron chi connectivity index (χ3n) is 4.60. The van der Waals surface area contributed by atoms with E-state index in [2.05, 4.69) is 10.6 Å². The first-order chi connectivity index (χ1) is 13.4. The molecule has 0 aliphatic carbocycles. The Balaban J connectivity index is 1.61. The van der Waals surface area contributed by atoms with Gasteiger partial charge in [-0.2, -0.15) is 0 Å². The van der Waals surface area contributed by atoms with Crippen LogP contribution in [0.5, 0.6) is 0 Å². The van der Waals surface area contributed by atoms with Crippen molar-refractivity contribution in [3.8, 4) is 0 Å². The van der Waals surface area contributed by atoms with Crippen LogP contribution in [0.15, 0.2) is 48.5 Å². The van der Waals surface area contributed by atoms with Crippen LogP contribution in [0.25, 0.3) is 0 Å². The molecule has 0 radical (unpaired) electrons. The molecule has 2 N–H and O–H groups in total. The van der Waals surface area contributed by atoms with Crippen molar-refractivity contribution in [3.05, 3.63) is 59.7 Å². The van der Waals surface area contributed by atoms with Crippen molar-refractivity contribution in [1.29, 1.82) is 0 Å². The molecule has 2 amide bonds. The first-order valence-corrected chi connectivity index (χ1v) is 10.7. The maximum atomic E-state index is 12.2. The van der Waals surface area contributed by atoms with Crippen molar-refractivity contribution >= 4 is 33.2 Å². The van der Waals surface area contributed by atoms with E-state index in [-0.39, 0.29) is 5.75 Å². The van der Waals surface area contributed by atoms with E-state index in [0.717, 1.165) is 11.1 Å². The summed E-state index contributed by atoms with van der Waals surface area (Å²) in [6, 6.07) is 14.7. The number of hydrogen-bond donors (Lipinski definition) is 2. The Morgan fingerprint density at radius 3 is 2.50 bits per heavy atom. The molecule has 0 unspecified atom stereocenters. The highest BCUT2D eigenvalue weighted by Gasteiger charge is 2.28. The van der Waals surface area contributed by atoms with Crippen molar-refractivity contribution in [1.82, 2.24) is 5.32 Å². The van der Waals surface area contributed by atoms with Crippen LogP contribution in [-0.2, 0) is 26.0 Å². The average Bonchev–Trinajstić information content (AvgIpc) is 3.03. The normalized spacial score (nSPS) is 15.2. The summed E-state index contributed by atoms with van der Waals surface area (Å²) in [5.41, 5.74) is 2.72. The number of rotatable bonds is 5. The van der Waals surface area contributed by atoms with Gasteiger partial charge < -0.3 is 10.6 Å². The van der Waals surface area contributed by atoms with Crippen LogP contribution >= 0.6 is 0 Å². The summed E-state index contributed by atoms with van der Waals surface area (Å²) in [6.07, 6.45) is 1.20. The van der Waals surface area contributed by atoms with Gasteiger partial charge in [-0.15, -0.1) is 0 Å². The first-order valence-electron chi connectivity index (χ1n) is 9.11. The summed E-state index contributed by atoms with van der Waals surface area (Å²) in [5, 5.41) is 5.17. The van der Waals surface area contributed by atoms with Gasteiger partial charge in [-0.05, 0) is 43.0 Å². The molecule has 8 heteroatoms. The molecule has 1 aliphatic rings. The van der Waals surface area contributed by atoms with Crippen LogP contribution in [0.3, 0.4) is 0 Å². The van der Waals surface area contributed by atoms with Gasteiger partial charge in [0.2, 0.25) is 10.0 Å². The van der Waals surface area contributed by atoms with Crippen molar-refractivity contribution in [2.24, 2.45) is 0 Å². The number of nitrogens with one attached hydrogen (secondary N) is 2. The molecule has 2 aromatic rings. The molecular formula is C20H23N3O4S. The number of sulfonamides is 1. The predicted molar refractivity (Wildman–Crippen MR) is 109 cm³/mol. The van der Waals surface area contributed by atoms with Crippen LogP contribution in [0.4, 0.5) is 11.4 Å². The summed E-state index contributed by atoms with van der Waals surface area (Å²) in [5.74, 6) is -1.39. The number of amides is 2. The van der Waals surface area contributed by atoms with E-state index in [0.29, 0.717) is 37.3 Å². The molecule has 0 saturated carbocycles. The van der Waals surface area contributed by atoms with E-state index in [4.69, 9.17) is 0 Å². The zero-order valence-corrected chi connectivity index (χ0v) is 16.5. The average molecular weight is 401 g/mol. The van der Waals surface area contributed by atoms with Gasteiger partial charge in [0.15, 0.2) is 0 Å². The Morgan fingerprint density at radius 2 is 1.82 bits per heavy atom. The van der Waals surface area contributed by atoms with Crippen LogP contribution in [0, 0.1) is 6.92 Å². The van der Waals surface area contributed by atoms with Crippen molar-refractivity contribution < 1.29 is 18.0 Å². The van der Waals surface area contributed by atoms with Crippen molar-refractivity contribution in [3.63, 3.8) is 0 Å². The highest BCUT2D eigenvalue weighted by molar-refractivity contribution is 7.93. The lowest BCUT2D eigenvalue weighted by Gasteiger charge is -2.19. The molecule has 148 valence electrons. The highest BCUT2D eigenvalue weighted by Crippen LogP contribution is 2.28. The third kappa shape index (κ3) is 4.69. The second-order valence-electron chi connectivity index (χ2n) is 6.69. The molecule has 0 bridgehead atoms. The second-order valence-corrected chi connectivity index (χ2v) is 8.70. The molecule has 1 fully saturated rings. The minimum absolute atomic E-state index is 0.117. The monoisotopic (exact) mass is 401 g/mol. The summed E-state index contributed by atoms with van der Waals surface area (Å²) < 4.78 is 25.5. The lowest BCUT2D eigenvalue weighted by atomic mass is 10.1. The Bertz CT molecular complexity index is 974. The molecule has 1 saturated heterocycles. The molecule has 0 atom stereocenters. The summed E-state index contributed by atoms with van der Waals surface area (Å²) in [6.45, 7) is 2.55. The van der Waals surface area contributed by atoms with Gasteiger partial charge in [0.25, 0.3) is 0 Å². The minimum Gasteiger partial charge on any atom is -0.347 e. The quantitative estimate of drug-likeness (QED) is 0.747. The third-order valence-corrected chi connectivity index (χ3v) is 6.47. The smallest absolute Gasteiger partial charge is 0.313 e. The SMILES string of the molecule is Cc1ccc(N2CCCS2(=O)=O)cc1NC(=O)C(=O)NCCc1ccccc1. The van der Waals surface area contributed by atoms with Crippen LogP contribution < -0.4 is 14.9 Å². The predicted octanol–water partition coefficient (Wildman–Crippen LogP) is 1.83. The lowest BCUT2D eigenvalue weighted by molar-refractivity contribution is -0.136. The fourth-order valence-corrected chi connectivity index (χ4v) is 4.61.